The van der Waals surface area contributed by atoms with Gasteiger partial charge in [-0.2, -0.15) is 0 Å². The highest BCUT2D eigenvalue weighted by Crippen LogP contribution is 2.44. The van der Waals surface area contributed by atoms with Crippen molar-refractivity contribution in [1.82, 2.24) is 19.1 Å². The first-order chi connectivity index (χ1) is 53.4. The molecule has 0 fully saturated rings. The maximum Gasteiger partial charge on any atom is 0.135 e. The maximum atomic E-state index is 6.39. The molecule has 20 aromatic rings. The van der Waals surface area contributed by atoms with E-state index < -0.39 is 0 Å². The number of hydrogen-bond donors (Lipinski definition) is 1. The smallest absolute Gasteiger partial charge is 0.135 e. The number of fused-ring (bicyclic) bond motifs is 12. The summed E-state index contributed by atoms with van der Waals surface area (Å²) in [5, 5.41) is 13.4. The fourth-order valence-electron chi connectivity index (χ4n) is 14.8. The molecular formula is C99H75ClN6O2. The Morgan fingerprint density at radius 2 is 0.713 bits per heavy atom. The average molecular weight is 1420 g/mol. The summed E-state index contributed by atoms with van der Waals surface area (Å²) in [5.41, 5.74) is 25.0. The molecule has 0 spiro atoms. The van der Waals surface area contributed by atoms with Crippen LogP contribution in [-0.2, 0) is 0 Å². The highest BCUT2D eigenvalue weighted by Gasteiger charge is 2.21. The Kier molecular flexibility index (Phi) is 19.2. The van der Waals surface area contributed by atoms with Crippen LogP contribution in [0.15, 0.2) is 385 Å². The number of hydrogen-bond acceptors (Lipinski definition) is 6. The molecule has 0 amide bonds. The van der Waals surface area contributed by atoms with Crippen LogP contribution in [-0.4, -0.2) is 19.1 Å². The lowest BCUT2D eigenvalue weighted by Gasteiger charge is -2.26. The molecular weight excluding hydrogens is 1340 g/mol. The van der Waals surface area contributed by atoms with Gasteiger partial charge in [0.15, 0.2) is 0 Å². The van der Waals surface area contributed by atoms with E-state index in [0.717, 1.165) is 133 Å². The molecule has 6 aromatic heterocycles. The molecule has 9 heteroatoms. The largest absolute Gasteiger partial charge is 0.456 e. The van der Waals surface area contributed by atoms with Gasteiger partial charge in [0.1, 0.15) is 22.3 Å². The normalized spacial score (nSPS) is 11.2. The third-order valence-corrected chi connectivity index (χ3v) is 20.2. The number of halogens is 1. The van der Waals surface area contributed by atoms with Crippen LogP contribution >= 0.6 is 11.6 Å². The number of pyridine rings is 2. The number of anilines is 5. The Balaban J connectivity index is 0.000000127. The van der Waals surface area contributed by atoms with Crippen molar-refractivity contribution in [3.8, 4) is 55.9 Å². The Morgan fingerprint density at radius 1 is 0.296 bits per heavy atom. The van der Waals surface area contributed by atoms with E-state index >= 15 is 0 Å². The van der Waals surface area contributed by atoms with Crippen LogP contribution in [0, 0.1) is 0 Å². The molecule has 20 rings (SSSR count). The third kappa shape index (κ3) is 13.8. The molecule has 8 nitrogen and oxygen atoms in total. The van der Waals surface area contributed by atoms with Crippen molar-refractivity contribution in [1.29, 1.82) is 0 Å². The number of unbranched alkanes of at least 4 members (excludes halogenated alkanes) is 2. The first-order valence-corrected chi connectivity index (χ1v) is 37.2. The number of benzene rings is 14. The second kappa shape index (κ2) is 30.7. The predicted molar refractivity (Wildman–Crippen MR) is 455 cm³/mol. The first kappa shape index (κ1) is 67.6. The molecule has 1 N–H and O–H groups in total. The van der Waals surface area contributed by atoms with Gasteiger partial charge in [-0.05, 0) is 202 Å². The lowest BCUT2D eigenvalue weighted by molar-refractivity contribution is 0.668. The molecule has 0 bridgehead atoms. The van der Waals surface area contributed by atoms with Crippen LogP contribution in [0.2, 0.25) is 5.02 Å². The number of nitrogens with zero attached hydrogens (tertiary/aromatic N) is 5. The molecule has 108 heavy (non-hydrogen) atoms. The van der Waals surface area contributed by atoms with Crippen LogP contribution in [0.3, 0.4) is 0 Å². The zero-order valence-corrected chi connectivity index (χ0v) is 60.6. The summed E-state index contributed by atoms with van der Waals surface area (Å²) in [6.45, 7) is 4.42. The number of rotatable bonds is 13. The molecule has 0 aliphatic rings. The van der Waals surface area contributed by atoms with Gasteiger partial charge in [0.2, 0.25) is 0 Å². The Bertz CT molecular complexity index is 6530. The van der Waals surface area contributed by atoms with Crippen molar-refractivity contribution in [2.45, 2.75) is 33.1 Å². The average Bonchev–Trinajstić information content (AvgIpc) is 1.59. The molecule has 0 unspecified atom stereocenters. The minimum atomic E-state index is 0.716. The van der Waals surface area contributed by atoms with Crippen molar-refractivity contribution in [3.63, 3.8) is 0 Å². The molecule has 0 aliphatic heterocycles. The Hall–Kier alpha value is -13.5. The van der Waals surface area contributed by atoms with E-state index in [1.165, 1.54) is 57.7 Å². The predicted octanol–water partition coefficient (Wildman–Crippen LogP) is 28.6. The van der Waals surface area contributed by atoms with Crippen LogP contribution < -0.4 is 10.2 Å². The molecule has 0 atom stereocenters. The summed E-state index contributed by atoms with van der Waals surface area (Å²) in [7, 11) is 0. The second-order valence-electron chi connectivity index (χ2n) is 26.9. The highest BCUT2D eigenvalue weighted by molar-refractivity contribution is 6.31. The maximum absolute atomic E-state index is 6.39. The van der Waals surface area contributed by atoms with E-state index in [9.17, 15) is 0 Å². The standard InChI is InChI=1S/C47H31N3O.C29H17ClN2O.C18H15N.C5H12/c1-3-11-32(12-4-1)33-13-9-16-37(27-33)49(36-14-5-2-6-15-36)38-22-23-40-42-28-34(20-24-44(42)50(45(40)30-38)39-17-10-26-48-31-39)35-21-25-47-43(29-35)41-18-7-8-19-46(41)51-47;30-20-9-10-22-24-14-18(7-11-26(24)32(27(22)16-20)21-4-3-13-31-17-21)19-8-12-29-25(15-19)23-5-1-2-6-28(23)33-29;1-3-8-15(9-4-1)16-10-7-13-18(14-16)19-17-11-5-2-6-12-17;1-3-5-4-2/h1-31H;1-17H;1-14,19H;3-5H2,1-2H3. The third-order valence-electron chi connectivity index (χ3n) is 19.9. The van der Waals surface area contributed by atoms with E-state index in [0.29, 0.717) is 5.02 Å². The molecule has 520 valence electrons. The number of aromatic nitrogens is 4. The molecule has 6 heterocycles. The SMILES string of the molecule is CCCCC.Clc1ccc2c3cc(-c4ccc5oc6ccccc6c5c4)ccc3n(-c3cccnc3)c2c1.c1ccc(-c2cccc(N(c3ccccc3)c3ccc4c5cc(-c6ccc7oc8ccccc8c7c6)ccc5n(-c5cccnc5)c4c3)c2)cc1.c1ccc(Nc2cccc(-c3ccccc3)c2)cc1. The quantitative estimate of drug-likeness (QED) is 0.124. The summed E-state index contributed by atoms with van der Waals surface area (Å²) in [5.74, 6) is 0. The number of nitrogens with one attached hydrogen (secondary N) is 1. The molecule has 14 aromatic carbocycles. The van der Waals surface area contributed by atoms with Gasteiger partial charge in [-0.15, -0.1) is 0 Å². The van der Waals surface area contributed by atoms with Gasteiger partial charge in [0, 0.05) is 88.9 Å². The van der Waals surface area contributed by atoms with Gasteiger partial charge in [0.05, 0.1) is 45.8 Å². The molecule has 0 saturated carbocycles. The van der Waals surface area contributed by atoms with Crippen LogP contribution in [0.5, 0.6) is 0 Å². The zero-order chi connectivity index (χ0) is 72.7. The monoisotopic (exact) mass is 1410 g/mol. The number of para-hydroxylation sites is 4. The lowest BCUT2D eigenvalue weighted by Crippen LogP contribution is -2.10. The summed E-state index contributed by atoms with van der Waals surface area (Å²) < 4.78 is 16.7. The fourth-order valence-corrected chi connectivity index (χ4v) is 14.9. The van der Waals surface area contributed by atoms with Gasteiger partial charge in [-0.25, -0.2) is 0 Å². The highest BCUT2D eigenvalue weighted by atomic mass is 35.5. The molecule has 0 radical (unpaired) electrons. The van der Waals surface area contributed by atoms with Crippen molar-refractivity contribution in [2.24, 2.45) is 0 Å². The minimum absolute atomic E-state index is 0.716. The minimum Gasteiger partial charge on any atom is -0.456 e. The first-order valence-electron chi connectivity index (χ1n) is 36.8. The van der Waals surface area contributed by atoms with Crippen molar-refractivity contribution >= 4 is 128 Å². The summed E-state index contributed by atoms with van der Waals surface area (Å²) in [6.07, 6.45) is 11.5. The zero-order valence-electron chi connectivity index (χ0n) is 59.8. The summed E-state index contributed by atoms with van der Waals surface area (Å²) in [4.78, 5) is 11.2. The van der Waals surface area contributed by atoms with Crippen LogP contribution in [0.1, 0.15) is 33.1 Å². The summed E-state index contributed by atoms with van der Waals surface area (Å²) in [6, 6.07) is 123. The molecule has 0 saturated heterocycles. The number of furan rings is 2. The fraction of sp³-hybridized carbons (Fsp3) is 0.0505. The Labute approximate surface area is 632 Å². The topological polar surface area (TPSA) is 77.2 Å². The van der Waals surface area contributed by atoms with Crippen molar-refractivity contribution < 1.29 is 8.83 Å². The van der Waals surface area contributed by atoms with Crippen molar-refractivity contribution in [3.05, 3.63) is 382 Å². The van der Waals surface area contributed by atoms with Gasteiger partial charge in [0.25, 0.3) is 0 Å². The lowest BCUT2D eigenvalue weighted by atomic mass is 10.0. The van der Waals surface area contributed by atoms with Crippen LogP contribution in [0.4, 0.5) is 28.4 Å². The summed E-state index contributed by atoms with van der Waals surface area (Å²) >= 11 is 6.39. The Morgan fingerprint density at radius 3 is 1.24 bits per heavy atom. The van der Waals surface area contributed by atoms with Crippen LogP contribution in [0.25, 0.3) is 143 Å². The van der Waals surface area contributed by atoms with E-state index in [2.05, 4.69) is 322 Å². The van der Waals surface area contributed by atoms with Gasteiger partial charge in [-0.1, -0.05) is 239 Å². The van der Waals surface area contributed by atoms with Gasteiger partial charge in [-0.3, -0.25) is 9.97 Å². The van der Waals surface area contributed by atoms with E-state index in [1.807, 2.05) is 91.4 Å². The van der Waals surface area contributed by atoms with Gasteiger partial charge >= 0.3 is 0 Å². The van der Waals surface area contributed by atoms with Gasteiger partial charge < -0.3 is 28.2 Å². The van der Waals surface area contributed by atoms with E-state index in [1.54, 1.807) is 6.20 Å². The van der Waals surface area contributed by atoms with E-state index in [-0.39, 0.29) is 0 Å². The van der Waals surface area contributed by atoms with E-state index in [4.69, 9.17) is 20.4 Å². The molecule has 0 aliphatic carbocycles. The second-order valence-corrected chi connectivity index (χ2v) is 27.4. The van der Waals surface area contributed by atoms with Crippen molar-refractivity contribution in [2.75, 3.05) is 10.2 Å².